The zero-order chi connectivity index (χ0) is 15.1. The molecule has 2 N–H and O–H groups in total. The van der Waals surface area contributed by atoms with E-state index in [4.69, 9.17) is 10.5 Å². The fraction of sp³-hybridized carbons (Fsp3) is 0.588. The molecule has 4 heteroatoms. The fourth-order valence-corrected chi connectivity index (χ4v) is 2.83. The van der Waals surface area contributed by atoms with Crippen LogP contribution >= 0.6 is 0 Å². The number of likely N-dealkylation sites (tertiary alicyclic amines) is 1. The summed E-state index contributed by atoms with van der Waals surface area (Å²) < 4.78 is 5.64. The Morgan fingerprint density at radius 3 is 2.81 bits per heavy atom. The number of carbonyl (C=O) groups excluding carboxylic acids is 1. The summed E-state index contributed by atoms with van der Waals surface area (Å²) in [4.78, 5) is 14.1. The predicted octanol–water partition coefficient (Wildman–Crippen LogP) is 2.35. The lowest BCUT2D eigenvalue weighted by atomic mass is 9.93. The van der Waals surface area contributed by atoms with E-state index < -0.39 is 0 Å². The van der Waals surface area contributed by atoms with Crippen molar-refractivity contribution in [3.8, 4) is 5.75 Å². The first-order valence-corrected chi connectivity index (χ1v) is 7.86. The molecular formula is C17H26N2O2. The molecule has 0 bridgehead atoms. The van der Waals surface area contributed by atoms with Gasteiger partial charge in [-0.25, -0.2) is 0 Å². The van der Waals surface area contributed by atoms with Crippen LogP contribution in [0.15, 0.2) is 24.3 Å². The number of hydrogen-bond acceptors (Lipinski definition) is 3. The number of nitrogens with zero attached hydrogens (tertiary/aromatic N) is 1. The Kier molecular flexibility index (Phi) is 6.05. The zero-order valence-corrected chi connectivity index (χ0v) is 12.9. The molecule has 0 aromatic heterocycles. The summed E-state index contributed by atoms with van der Waals surface area (Å²) in [7, 11) is 0. The number of carbonyl (C=O) groups is 1. The number of aryl methyl sites for hydroxylation is 1. The Balaban J connectivity index is 1.68. The molecule has 0 aliphatic carbocycles. The predicted molar refractivity (Wildman–Crippen MR) is 84.3 cm³/mol. The van der Waals surface area contributed by atoms with Crippen molar-refractivity contribution in [2.75, 3.05) is 26.2 Å². The van der Waals surface area contributed by atoms with Crippen molar-refractivity contribution >= 4 is 5.91 Å². The molecule has 0 unspecified atom stereocenters. The molecule has 2 rings (SSSR count). The van der Waals surface area contributed by atoms with Gasteiger partial charge in [-0.3, -0.25) is 4.79 Å². The lowest BCUT2D eigenvalue weighted by Crippen LogP contribution is -2.39. The van der Waals surface area contributed by atoms with Crippen LogP contribution in [0.1, 0.15) is 31.2 Å². The number of piperidine rings is 1. The van der Waals surface area contributed by atoms with E-state index >= 15 is 0 Å². The van der Waals surface area contributed by atoms with Gasteiger partial charge in [0.25, 0.3) is 0 Å². The molecule has 0 saturated carbocycles. The number of amides is 1. The van der Waals surface area contributed by atoms with Gasteiger partial charge in [0, 0.05) is 13.1 Å². The van der Waals surface area contributed by atoms with E-state index in [-0.39, 0.29) is 5.91 Å². The molecule has 1 amide bonds. The molecule has 1 fully saturated rings. The van der Waals surface area contributed by atoms with E-state index in [1.807, 2.05) is 36.1 Å². The average Bonchev–Trinajstić information content (AvgIpc) is 2.48. The van der Waals surface area contributed by atoms with Crippen LogP contribution in [0.4, 0.5) is 0 Å². The smallest absolute Gasteiger partial charge is 0.225 e. The third-order valence-electron chi connectivity index (χ3n) is 4.12. The van der Waals surface area contributed by atoms with Crippen LogP contribution in [0, 0.1) is 12.8 Å². The van der Waals surface area contributed by atoms with Gasteiger partial charge in [0.05, 0.1) is 13.0 Å². The second-order valence-electron chi connectivity index (χ2n) is 5.82. The van der Waals surface area contributed by atoms with Crippen molar-refractivity contribution in [3.05, 3.63) is 29.8 Å². The molecule has 1 aromatic carbocycles. The van der Waals surface area contributed by atoms with E-state index in [0.29, 0.717) is 18.9 Å². The minimum atomic E-state index is 0.203. The normalized spacial score (nSPS) is 16.0. The topological polar surface area (TPSA) is 55.6 Å². The maximum Gasteiger partial charge on any atom is 0.225 e. The lowest BCUT2D eigenvalue weighted by Gasteiger charge is -2.32. The molecule has 4 nitrogen and oxygen atoms in total. The number of rotatable bonds is 6. The second kappa shape index (κ2) is 8.03. The molecule has 21 heavy (non-hydrogen) atoms. The molecule has 0 spiro atoms. The van der Waals surface area contributed by atoms with Crippen molar-refractivity contribution in [3.63, 3.8) is 0 Å². The Labute approximate surface area is 127 Å². The third kappa shape index (κ3) is 5.05. The van der Waals surface area contributed by atoms with E-state index in [2.05, 4.69) is 0 Å². The molecule has 1 aliphatic rings. The Bertz CT molecular complexity index is 454. The molecular weight excluding hydrogens is 264 g/mol. The van der Waals surface area contributed by atoms with Crippen LogP contribution in [0.25, 0.3) is 0 Å². The quantitative estimate of drug-likeness (QED) is 0.875. The summed E-state index contributed by atoms with van der Waals surface area (Å²) in [5, 5.41) is 0. The summed E-state index contributed by atoms with van der Waals surface area (Å²) >= 11 is 0. The highest BCUT2D eigenvalue weighted by molar-refractivity contribution is 5.76. The summed E-state index contributed by atoms with van der Waals surface area (Å²) in [6.07, 6.45) is 3.71. The van der Waals surface area contributed by atoms with Crippen molar-refractivity contribution in [2.45, 2.75) is 32.6 Å². The van der Waals surface area contributed by atoms with Crippen LogP contribution in [0.3, 0.4) is 0 Å². The highest BCUT2D eigenvalue weighted by Crippen LogP contribution is 2.20. The van der Waals surface area contributed by atoms with Gasteiger partial charge in [-0.15, -0.1) is 0 Å². The van der Waals surface area contributed by atoms with Gasteiger partial charge in [0.15, 0.2) is 0 Å². The molecule has 0 atom stereocenters. The van der Waals surface area contributed by atoms with Gasteiger partial charge in [-0.2, -0.15) is 0 Å². The van der Waals surface area contributed by atoms with E-state index in [1.54, 1.807) is 0 Å². The van der Waals surface area contributed by atoms with Crippen LogP contribution in [-0.4, -0.2) is 37.0 Å². The molecule has 1 saturated heterocycles. The van der Waals surface area contributed by atoms with Crippen molar-refractivity contribution in [1.29, 1.82) is 0 Å². The third-order valence-corrected chi connectivity index (χ3v) is 4.12. The largest absolute Gasteiger partial charge is 0.493 e. The van der Waals surface area contributed by atoms with Gasteiger partial charge in [-0.05, 0) is 56.3 Å². The Hall–Kier alpha value is -1.55. The summed E-state index contributed by atoms with van der Waals surface area (Å²) in [6, 6.07) is 7.91. The standard InChI is InChI=1S/C17H26N2O2/c1-14-3-2-4-16(13-14)21-12-8-17(20)19-10-6-15(5-9-18)7-11-19/h2-4,13,15H,5-12,18H2,1H3. The summed E-state index contributed by atoms with van der Waals surface area (Å²) in [5.74, 6) is 1.74. The molecule has 1 aromatic rings. The lowest BCUT2D eigenvalue weighted by molar-refractivity contribution is -0.133. The van der Waals surface area contributed by atoms with Crippen molar-refractivity contribution in [1.82, 2.24) is 4.90 Å². The molecule has 0 radical (unpaired) electrons. The van der Waals surface area contributed by atoms with Crippen molar-refractivity contribution < 1.29 is 9.53 Å². The fourth-order valence-electron chi connectivity index (χ4n) is 2.83. The van der Waals surface area contributed by atoms with Crippen LogP contribution in [0.5, 0.6) is 5.75 Å². The highest BCUT2D eigenvalue weighted by Gasteiger charge is 2.21. The monoisotopic (exact) mass is 290 g/mol. The first kappa shape index (κ1) is 15.8. The zero-order valence-electron chi connectivity index (χ0n) is 12.9. The Morgan fingerprint density at radius 2 is 2.14 bits per heavy atom. The van der Waals surface area contributed by atoms with E-state index in [0.717, 1.165) is 44.6 Å². The van der Waals surface area contributed by atoms with Crippen LogP contribution < -0.4 is 10.5 Å². The molecule has 116 valence electrons. The van der Waals surface area contributed by atoms with E-state index in [9.17, 15) is 4.79 Å². The van der Waals surface area contributed by atoms with Gasteiger partial charge in [0.2, 0.25) is 5.91 Å². The van der Waals surface area contributed by atoms with Gasteiger partial charge in [0.1, 0.15) is 5.75 Å². The highest BCUT2D eigenvalue weighted by atomic mass is 16.5. The average molecular weight is 290 g/mol. The first-order chi connectivity index (χ1) is 10.2. The van der Waals surface area contributed by atoms with Crippen molar-refractivity contribution in [2.24, 2.45) is 11.7 Å². The number of benzene rings is 1. The summed E-state index contributed by atoms with van der Waals surface area (Å²) in [6.45, 7) is 4.97. The minimum absolute atomic E-state index is 0.203. The van der Waals surface area contributed by atoms with Gasteiger partial charge < -0.3 is 15.4 Å². The first-order valence-electron chi connectivity index (χ1n) is 7.86. The molecule has 1 heterocycles. The number of ether oxygens (including phenoxy) is 1. The SMILES string of the molecule is Cc1cccc(OCCC(=O)N2CCC(CCN)CC2)c1. The van der Waals surface area contributed by atoms with Crippen LogP contribution in [-0.2, 0) is 4.79 Å². The maximum absolute atomic E-state index is 12.1. The summed E-state index contributed by atoms with van der Waals surface area (Å²) in [5.41, 5.74) is 6.76. The van der Waals surface area contributed by atoms with E-state index in [1.165, 1.54) is 5.56 Å². The van der Waals surface area contributed by atoms with Crippen LogP contribution in [0.2, 0.25) is 0 Å². The maximum atomic E-state index is 12.1. The second-order valence-corrected chi connectivity index (χ2v) is 5.82. The van der Waals surface area contributed by atoms with Gasteiger partial charge in [-0.1, -0.05) is 12.1 Å². The van der Waals surface area contributed by atoms with Gasteiger partial charge >= 0.3 is 0 Å². The number of nitrogens with two attached hydrogens (primary N) is 1. The number of hydrogen-bond donors (Lipinski definition) is 1. The molecule has 1 aliphatic heterocycles. The minimum Gasteiger partial charge on any atom is -0.493 e. The Morgan fingerprint density at radius 1 is 1.38 bits per heavy atom.